The summed E-state index contributed by atoms with van der Waals surface area (Å²) in [6.07, 6.45) is 5.09. The number of allylic oxidation sites excluding steroid dienone is 3. The van der Waals surface area contributed by atoms with Crippen molar-refractivity contribution in [2.24, 2.45) is 5.73 Å². The van der Waals surface area contributed by atoms with E-state index in [-0.39, 0.29) is 0 Å². The zero-order valence-electron chi connectivity index (χ0n) is 27.0. The molecule has 48 heavy (non-hydrogen) atoms. The molecule has 0 saturated carbocycles. The minimum Gasteiger partial charge on any atom is -0.385 e. The molecule has 8 rings (SSSR count). The van der Waals surface area contributed by atoms with Gasteiger partial charge >= 0.3 is 0 Å². The molecule has 0 saturated heterocycles. The molecule has 0 aliphatic rings. The van der Waals surface area contributed by atoms with Crippen LogP contribution in [0.25, 0.3) is 71.8 Å². The first-order valence-electron chi connectivity index (χ1n) is 16.5. The maximum Gasteiger partial charge on any atom is 0.108 e. The molecule has 0 bridgehead atoms. The first kappa shape index (κ1) is 29.3. The average Bonchev–Trinajstić information content (AvgIpc) is 3.49. The lowest BCUT2D eigenvalue weighted by atomic mass is 9.93. The number of hydrogen-bond acceptors (Lipinski definition) is 1. The van der Waals surface area contributed by atoms with E-state index in [1.807, 2.05) is 0 Å². The van der Waals surface area contributed by atoms with Gasteiger partial charge in [0, 0.05) is 10.8 Å². The van der Waals surface area contributed by atoms with Gasteiger partial charge in [-0.25, -0.2) is 0 Å². The van der Waals surface area contributed by atoms with Gasteiger partial charge in [-0.15, -0.1) is 0 Å². The van der Waals surface area contributed by atoms with Crippen molar-refractivity contribution in [3.63, 3.8) is 0 Å². The number of rotatable bonds is 7. The van der Waals surface area contributed by atoms with Crippen LogP contribution in [0.3, 0.4) is 0 Å². The van der Waals surface area contributed by atoms with Crippen molar-refractivity contribution >= 4 is 38.4 Å². The van der Waals surface area contributed by atoms with Crippen molar-refractivity contribution in [1.29, 1.82) is 0 Å². The standard InChI is InChI=1S/C46H36N2/c1-32(27-33-13-5-2-6-14-33)21-26-45(47)48-43-25-23-36-19-11-12-20-41(36)46(43)42-24-22-37(31-44(42)48)40-29-38(34-15-7-3-8-16-34)28-39(30-40)35-17-9-4-10-18-35/h2-26,28-31H,27,47H2,1H3/b32-21+,45-26+. The van der Waals surface area contributed by atoms with Crippen molar-refractivity contribution in [1.82, 2.24) is 4.57 Å². The van der Waals surface area contributed by atoms with Crippen LogP contribution in [0.15, 0.2) is 182 Å². The maximum absolute atomic E-state index is 7.03. The summed E-state index contributed by atoms with van der Waals surface area (Å²) in [5.41, 5.74) is 18.9. The fourth-order valence-electron chi connectivity index (χ4n) is 6.91. The van der Waals surface area contributed by atoms with Crippen LogP contribution in [0.1, 0.15) is 12.5 Å². The van der Waals surface area contributed by atoms with Gasteiger partial charge in [-0.3, -0.25) is 4.57 Å². The number of nitrogens with two attached hydrogens (primary N) is 1. The van der Waals surface area contributed by atoms with Gasteiger partial charge in [-0.2, -0.15) is 0 Å². The molecule has 0 atom stereocenters. The van der Waals surface area contributed by atoms with E-state index in [1.54, 1.807) is 0 Å². The third kappa shape index (κ3) is 5.59. The van der Waals surface area contributed by atoms with E-state index in [9.17, 15) is 0 Å². The van der Waals surface area contributed by atoms with Gasteiger partial charge in [0.15, 0.2) is 0 Å². The first-order valence-corrected chi connectivity index (χ1v) is 16.5. The summed E-state index contributed by atoms with van der Waals surface area (Å²) in [5.74, 6) is 0.692. The van der Waals surface area contributed by atoms with Gasteiger partial charge in [0.2, 0.25) is 0 Å². The van der Waals surface area contributed by atoms with Crippen LogP contribution < -0.4 is 5.73 Å². The molecule has 230 valence electrons. The second-order valence-corrected chi connectivity index (χ2v) is 12.5. The molecule has 0 aliphatic carbocycles. The quantitative estimate of drug-likeness (QED) is 0.177. The Labute approximate surface area is 281 Å². The maximum atomic E-state index is 7.03. The molecule has 7 aromatic carbocycles. The Hall–Kier alpha value is -6.12. The van der Waals surface area contributed by atoms with Gasteiger partial charge in [-0.1, -0.05) is 145 Å². The van der Waals surface area contributed by atoms with Crippen LogP contribution in [0.2, 0.25) is 0 Å². The Kier molecular flexibility index (Phi) is 7.68. The Morgan fingerprint density at radius 1 is 0.500 bits per heavy atom. The zero-order chi connectivity index (χ0) is 32.5. The summed E-state index contributed by atoms with van der Waals surface area (Å²) in [7, 11) is 0. The lowest BCUT2D eigenvalue weighted by molar-refractivity contribution is 1.14. The van der Waals surface area contributed by atoms with E-state index in [4.69, 9.17) is 5.73 Å². The molecular formula is C46H36N2. The highest BCUT2D eigenvalue weighted by Crippen LogP contribution is 2.39. The van der Waals surface area contributed by atoms with E-state index in [2.05, 4.69) is 187 Å². The van der Waals surface area contributed by atoms with Gasteiger partial charge < -0.3 is 5.73 Å². The van der Waals surface area contributed by atoms with Crippen LogP contribution in [0.5, 0.6) is 0 Å². The summed E-state index contributed by atoms with van der Waals surface area (Å²) in [6.45, 7) is 2.16. The summed E-state index contributed by atoms with van der Waals surface area (Å²) in [6, 6.07) is 58.6. The number of nitrogens with zero attached hydrogens (tertiary/aromatic N) is 1. The van der Waals surface area contributed by atoms with Crippen LogP contribution in [0.4, 0.5) is 0 Å². The van der Waals surface area contributed by atoms with E-state index >= 15 is 0 Å². The third-order valence-corrected chi connectivity index (χ3v) is 9.26. The molecule has 1 heterocycles. The third-order valence-electron chi connectivity index (χ3n) is 9.26. The van der Waals surface area contributed by atoms with Crippen molar-refractivity contribution in [2.75, 3.05) is 0 Å². The molecule has 2 nitrogen and oxygen atoms in total. The molecule has 8 aromatic rings. The fraction of sp³-hybridized carbons (Fsp3) is 0.0435. The molecule has 0 amide bonds. The van der Waals surface area contributed by atoms with Crippen LogP contribution in [-0.2, 0) is 6.42 Å². The summed E-state index contributed by atoms with van der Waals surface area (Å²) in [5, 5.41) is 4.86. The lowest BCUT2D eigenvalue weighted by Crippen LogP contribution is -2.05. The van der Waals surface area contributed by atoms with E-state index < -0.39 is 0 Å². The molecule has 0 aliphatic heterocycles. The highest BCUT2D eigenvalue weighted by molar-refractivity contribution is 6.22. The van der Waals surface area contributed by atoms with Gasteiger partial charge in [0.05, 0.1) is 11.0 Å². The number of hydrogen-bond donors (Lipinski definition) is 1. The van der Waals surface area contributed by atoms with Crippen molar-refractivity contribution in [3.8, 4) is 33.4 Å². The van der Waals surface area contributed by atoms with E-state index in [1.165, 1.54) is 60.5 Å². The van der Waals surface area contributed by atoms with Crippen molar-refractivity contribution in [2.45, 2.75) is 13.3 Å². The number of aromatic nitrogens is 1. The average molecular weight is 617 g/mol. The second-order valence-electron chi connectivity index (χ2n) is 12.5. The summed E-state index contributed by atoms with van der Waals surface area (Å²) in [4.78, 5) is 0. The fourth-order valence-corrected chi connectivity index (χ4v) is 6.91. The second kappa shape index (κ2) is 12.6. The molecule has 2 heteroatoms. The monoisotopic (exact) mass is 616 g/mol. The zero-order valence-corrected chi connectivity index (χ0v) is 27.0. The smallest absolute Gasteiger partial charge is 0.108 e. The van der Waals surface area contributed by atoms with Crippen LogP contribution in [0, 0.1) is 0 Å². The summed E-state index contributed by atoms with van der Waals surface area (Å²) < 4.78 is 2.23. The molecule has 0 radical (unpaired) electrons. The molecule has 0 fully saturated rings. The Bertz CT molecular complexity index is 2410. The largest absolute Gasteiger partial charge is 0.385 e. The summed E-state index contributed by atoms with van der Waals surface area (Å²) >= 11 is 0. The predicted molar refractivity (Wildman–Crippen MR) is 206 cm³/mol. The van der Waals surface area contributed by atoms with E-state index in [0.29, 0.717) is 5.82 Å². The van der Waals surface area contributed by atoms with Gasteiger partial charge in [-0.05, 0) is 99.5 Å². The lowest BCUT2D eigenvalue weighted by Gasteiger charge is -2.12. The van der Waals surface area contributed by atoms with Gasteiger partial charge in [0.25, 0.3) is 0 Å². The highest BCUT2D eigenvalue weighted by atomic mass is 15.1. The Balaban J connectivity index is 1.33. The van der Waals surface area contributed by atoms with Gasteiger partial charge in [0.1, 0.15) is 5.82 Å². The number of fused-ring (bicyclic) bond motifs is 5. The molecule has 1 aromatic heterocycles. The Morgan fingerprint density at radius 3 is 1.75 bits per heavy atom. The van der Waals surface area contributed by atoms with Crippen LogP contribution in [-0.4, -0.2) is 4.57 Å². The minimum absolute atomic E-state index is 0.692. The van der Waals surface area contributed by atoms with Crippen molar-refractivity contribution < 1.29 is 0 Å². The Morgan fingerprint density at radius 2 is 1.08 bits per heavy atom. The topological polar surface area (TPSA) is 30.9 Å². The predicted octanol–water partition coefficient (Wildman–Crippen LogP) is 11.9. The van der Waals surface area contributed by atoms with E-state index in [0.717, 1.165) is 23.0 Å². The molecule has 2 N–H and O–H groups in total. The molecular weight excluding hydrogens is 581 g/mol. The SMILES string of the molecule is C/C(=C\C=C(/N)n1c2cc(-c3cc(-c4ccccc4)cc(-c4ccccc4)c3)ccc2c2c3ccccc3ccc21)Cc1ccccc1. The van der Waals surface area contributed by atoms with Crippen LogP contribution >= 0.6 is 0 Å². The highest BCUT2D eigenvalue weighted by Gasteiger charge is 2.16. The normalized spacial score (nSPS) is 12.3. The molecule has 0 unspecified atom stereocenters. The van der Waals surface area contributed by atoms with Crippen molar-refractivity contribution in [3.05, 3.63) is 187 Å². The molecule has 0 spiro atoms. The first-order chi connectivity index (χ1) is 23.6. The minimum atomic E-state index is 0.692. The number of benzene rings is 7.